The molecule has 0 N–H and O–H groups in total. The lowest BCUT2D eigenvalue weighted by Crippen LogP contribution is -2.37. The maximum Gasteiger partial charge on any atom is 0.268 e. The first-order chi connectivity index (χ1) is 13.0. The summed E-state index contributed by atoms with van der Waals surface area (Å²) in [6, 6.07) is 7.45. The zero-order valence-electron chi connectivity index (χ0n) is 16.2. The van der Waals surface area contributed by atoms with Gasteiger partial charge in [-0.15, -0.1) is 11.8 Å². The van der Waals surface area contributed by atoms with Crippen molar-refractivity contribution in [3.63, 3.8) is 0 Å². The van der Waals surface area contributed by atoms with E-state index in [1.54, 1.807) is 0 Å². The van der Waals surface area contributed by atoms with Gasteiger partial charge in [0.1, 0.15) is 5.75 Å². The Hall–Kier alpha value is -1.79. The van der Waals surface area contributed by atoms with E-state index in [0.717, 1.165) is 29.9 Å². The first-order valence-corrected chi connectivity index (χ1v) is 10.6. The van der Waals surface area contributed by atoms with Gasteiger partial charge in [-0.2, -0.15) is 0 Å². The normalized spacial score (nSPS) is 20.3. The molecule has 1 unspecified atom stereocenters. The predicted molar refractivity (Wildman–Crippen MR) is 108 cm³/mol. The van der Waals surface area contributed by atoms with Gasteiger partial charge in [-0.25, -0.2) is 0 Å². The fraction of sp³-hybridized carbons (Fsp3) is 0.524. The van der Waals surface area contributed by atoms with Crippen LogP contribution in [0.5, 0.6) is 5.75 Å². The highest BCUT2D eigenvalue weighted by atomic mass is 32.2. The van der Waals surface area contributed by atoms with Gasteiger partial charge in [-0.3, -0.25) is 14.5 Å². The van der Waals surface area contributed by atoms with Crippen molar-refractivity contribution in [2.45, 2.75) is 39.7 Å². The Labute approximate surface area is 165 Å². The summed E-state index contributed by atoms with van der Waals surface area (Å²) < 4.78 is 11.3. The number of imide groups is 1. The largest absolute Gasteiger partial charge is 0.493 e. The summed E-state index contributed by atoms with van der Waals surface area (Å²) in [6.07, 6.45) is 1.83. The van der Waals surface area contributed by atoms with E-state index >= 15 is 0 Å². The highest BCUT2D eigenvalue weighted by Gasteiger charge is 2.40. The molecule has 6 heteroatoms. The number of hydrogen-bond acceptors (Lipinski definition) is 5. The van der Waals surface area contributed by atoms with Gasteiger partial charge in [-0.05, 0) is 42.2 Å². The molecule has 0 aromatic heterocycles. The van der Waals surface area contributed by atoms with Crippen molar-refractivity contribution in [2.75, 3.05) is 25.5 Å². The molecule has 0 saturated carbocycles. The zero-order chi connectivity index (χ0) is 19.4. The van der Waals surface area contributed by atoms with E-state index in [1.807, 2.05) is 31.2 Å². The number of carbonyl (C=O) groups is 2. The molecule has 2 aliphatic heterocycles. The molecule has 1 atom stereocenters. The summed E-state index contributed by atoms with van der Waals surface area (Å²) in [5, 5.41) is 0. The summed E-state index contributed by atoms with van der Waals surface area (Å²) >= 11 is 1.43. The van der Waals surface area contributed by atoms with Crippen LogP contribution in [-0.2, 0) is 14.3 Å². The van der Waals surface area contributed by atoms with Crippen molar-refractivity contribution >= 4 is 29.1 Å². The molecule has 0 radical (unpaired) electrons. The standard InChI is InChI=1S/C21H27NO4S/c1-4-27-19-18(15-7-9-16(10-8-15)26-13-14(2)3)20(23)22(21(19)24)12-17-6-5-11-25-17/h7-10,14,17H,4-6,11-13H2,1-3H3. The van der Waals surface area contributed by atoms with Crippen LogP contribution in [0.25, 0.3) is 5.57 Å². The Morgan fingerprint density at radius 1 is 1.22 bits per heavy atom. The topological polar surface area (TPSA) is 55.8 Å². The molecular formula is C21H27NO4S. The minimum Gasteiger partial charge on any atom is -0.493 e. The number of carbonyl (C=O) groups excluding carboxylic acids is 2. The molecule has 1 aromatic carbocycles. The molecular weight excluding hydrogens is 362 g/mol. The predicted octanol–water partition coefficient (Wildman–Crippen LogP) is 3.73. The number of hydrogen-bond donors (Lipinski definition) is 0. The molecule has 1 fully saturated rings. The van der Waals surface area contributed by atoms with Crippen molar-refractivity contribution in [3.05, 3.63) is 34.7 Å². The molecule has 2 amide bonds. The van der Waals surface area contributed by atoms with Crippen molar-refractivity contribution in [3.8, 4) is 5.75 Å². The summed E-state index contributed by atoms with van der Waals surface area (Å²) in [5.74, 6) is 1.53. The third-order valence-electron chi connectivity index (χ3n) is 4.55. The Kier molecular flexibility index (Phi) is 6.60. The van der Waals surface area contributed by atoms with Crippen LogP contribution in [0.15, 0.2) is 29.2 Å². The van der Waals surface area contributed by atoms with Crippen LogP contribution >= 0.6 is 11.8 Å². The van der Waals surface area contributed by atoms with Crippen molar-refractivity contribution in [1.29, 1.82) is 0 Å². The van der Waals surface area contributed by atoms with Crippen molar-refractivity contribution in [1.82, 2.24) is 4.90 Å². The van der Waals surface area contributed by atoms with Gasteiger partial charge in [0, 0.05) is 6.61 Å². The molecule has 0 aliphatic carbocycles. The van der Waals surface area contributed by atoms with Crippen LogP contribution in [-0.4, -0.2) is 48.3 Å². The highest BCUT2D eigenvalue weighted by molar-refractivity contribution is 8.04. The minimum absolute atomic E-state index is 0.0445. The van der Waals surface area contributed by atoms with Gasteiger partial charge >= 0.3 is 0 Å². The third-order valence-corrected chi connectivity index (χ3v) is 5.51. The van der Waals surface area contributed by atoms with E-state index in [1.165, 1.54) is 16.7 Å². The maximum atomic E-state index is 13.0. The second kappa shape index (κ2) is 8.93. The smallest absolute Gasteiger partial charge is 0.268 e. The van der Waals surface area contributed by atoms with Crippen LogP contribution in [0.1, 0.15) is 39.2 Å². The van der Waals surface area contributed by atoms with Gasteiger partial charge < -0.3 is 9.47 Å². The minimum atomic E-state index is -0.220. The molecule has 0 spiro atoms. The summed E-state index contributed by atoms with van der Waals surface area (Å²) in [4.78, 5) is 27.8. The Bertz CT molecular complexity index is 720. The van der Waals surface area contributed by atoms with Gasteiger partial charge in [0.05, 0.1) is 29.7 Å². The molecule has 2 aliphatic rings. The molecule has 27 heavy (non-hydrogen) atoms. The summed E-state index contributed by atoms with van der Waals surface area (Å²) in [6.45, 7) is 7.86. The van der Waals surface area contributed by atoms with E-state index in [-0.39, 0.29) is 17.9 Å². The lowest BCUT2D eigenvalue weighted by Gasteiger charge is -2.19. The van der Waals surface area contributed by atoms with Gasteiger partial charge in [-0.1, -0.05) is 32.9 Å². The first kappa shape index (κ1) is 20.0. The van der Waals surface area contributed by atoms with Crippen LogP contribution < -0.4 is 4.74 Å². The highest BCUT2D eigenvalue weighted by Crippen LogP contribution is 2.37. The second-order valence-corrected chi connectivity index (χ2v) is 8.50. The van der Waals surface area contributed by atoms with E-state index in [9.17, 15) is 9.59 Å². The van der Waals surface area contributed by atoms with Crippen molar-refractivity contribution < 1.29 is 19.1 Å². The molecule has 1 saturated heterocycles. The quantitative estimate of drug-likeness (QED) is 0.634. The van der Waals surface area contributed by atoms with E-state index in [2.05, 4.69) is 13.8 Å². The molecule has 1 aromatic rings. The fourth-order valence-electron chi connectivity index (χ4n) is 3.23. The van der Waals surface area contributed by atoms with Gasteiger partial charge in [0.15, 0.2) is 0 Å². The average molecular weight is 390 g/mol. The van der Waals surface area contributed by atoms with Gasteiger partial charge in [0.2, 0.25) is 0 Å². The lowest BCUT2D eigenvalue weighted by molar-refractivity contribution is -0.138. The fourth-order valence-corrected chi connectivity index (χ4v) is 4.10. The number of amides is 2. The number of rotatable bonds is 8. The van der Waals surface area contributed by atoms with Crippen LogP contribution in [0, 0.1) is 5.92 Å². The Morgan fingerprint density at radius 3 is 2.56 bits per heavy atom. The van der Waals surface area contributed by atoms with Crippen molar-refractivity contribution in [2.24, 2.45) is 5.92 Å². The van der Waals surface area contributed by atoms with E-state index < -0.39 is 0 Å². The number of thioether (sulfide) groups is 1. The second-order valence-electron chi connectivity index (χ2n) is 7.22. The number of nitrogens with zero attached hydrogens (tertiary/aromatic N) is 1. The lowest BCUT2D eigenvalue weighted by atomic mass is 10.1. The van der Waals surface area contributed by atoms with Crippen LogP contribution in [0.2, 0.25) is 0 Å². The molecule has 2 heterocycles. The van der Waals surface area contributed by atoms with Crippen LogP contribution in [0.3, 0.4) is 0 Å². The Balaban J connectivity index is 1.81. The first-order valence-electron chi connectivity index (χ1n) is 9.59. The summed E-state index contributed by atoms with van der Waals surface area (Å²) in [5.41, 5.74) is 1.26. The molecule has 5 nitrogen and oxygen atoms in total. The van der Waals surface area contributed by atoms with E-state index in [4.69, 9.17) is 9.47 Å². The number of ether oxygens (including phenoxy) is 2. The third kappa shape index (κ3) is 4.55. The van der Waals surface area contributed by atoms with Crippen LogP contribution in [0.4, 0.5) is 0 Å². The SMILES string of the molecule is CCSC1=C(c2ccc(OCC(C)C)cc2)C(=O)N(CC2CCCO2)C1=O. The Morgan fingerprint density at radius 2 is 1.96 bits per heavy atom. The monoisotopic (exact) mass is 389 g/mol. The average Bonchev–Trinajstić information content (AvgIpc) is 3.24. The van der Waals surface area contributed by atoms with E-state index in [0.29, 0.717) is 36.2 Å². The summed E-state index contributed by atoms with van der Waals surface area (Å²) in [7, 11) is 0. The van der Waals surface area contributed by atoms with Gasteiger partial charge in [0.25, 0.3) is 11.8 Å². The number of benzene rings is 1. The molecule has 3 rings (SSSR count). The molecule has 146 valence electrons. The zero-order valence-corrected chi connectivity index (χ0v) is 17.0. The maximum absolute atomic E-state index is 13.0. The molecule has 0 bridgehead atoms.